The molecule has 1 unspecified atom stereocenters. The number of nitrogens with one attached hydrogen (secondary N) is 2. The van der Waals surface area contributed by atoms with Gasteiger partial charge in [-0.15, -0.1) is 0 Å². The zero-order chi connectivity index (χ0) is 18.5. The molecule has 2 heterocycles. The summed E-state index contributed by atoms with van der Waals surface area (Å²) in [6.07, 6.45) is 2.40. The van der Waals surface area contributed by atoms with Gasteiger partial charge >= 0.3 is 0 Å². The fourth-order valence-corrected chi connectivity index (χ4v) is 3.79. The molecular weight excluding hydrogens is 324 g/mol. The summed E-state index contributed by atoms with van der Waals surface area (Å²) in [5, 5.41) is 10.3. The van der Waals surface area contributed by atoms with Crippen LogP contribution in [0.15, 0.2) is 24.3 Å². The van der Waals surface area contributed by atoms with Crippen LogP contribution < -0.4 is 5.32 Å². The number of rotatable bonds is 7. The van der Waals surface area contributed by atoms with E-state index in [-0.39, 0.29) is 5.91 Å². The average molecular weight is 354 g/mol. The molecule has 1 fully saturated rings. The lowest BCUT2D eigenvalue weighted by Crippen LogP contribution is -2.34. The van der Waals surface area contributed by atoms with Gasteiger partial charge in [0, 0.05) is 38.2 Å². The molecule has 2 N–H and O–H groups in total. The van der Waals surface area contributed by atoms with Gasteiger partial charge in [0.05, 0.1) is 5.69 Å². The molecule has 0 saturated carbocycles. The maximum Gasteiger partial charge on any atom is 0.220 e. The van der Waals surface area contributed by atoms with Crippen LogP contribution in [0.3, 0.4) is 0 Å². The summed E-state index contributed by atoms with van der Waals surface area (Å²) in [6, 6.07) is 8.69. The van der Waals surface area contributed by atoms with Crippen molar-refractivity contribution in [1.29, 1.82) is 0 Å². The van der Waals surface area contributed by atoms with Crippen molar-refractivity contribution < 1.29 is 4.79 Å². The van der Waals surface area contributed by atoms with Crippen molar-refractivity contribution in [3.8, 4) is 0 Å². The highest BCUT2D eigenvalue weighted by molar-refractivity contribution is 5.76. The van der Waals surface area contributed by atoms with Gasteiger partial charge in [-0.25, -0.2) is 0 Å². The highest BCUT2D eigenvalue weighted by Crippen LogP contribution is 2.28. The molecule has 5 heteroatoms. The molecule has 0 aliphatic carbocycles. The van der Waals surface area contributed by atoms with Gasteiger partial charge in [-0.05, 0) is 56.3 Å². The molecule has 1 atom stereocenters. The minimum Gasteiger partial charge on any atom is -0.355 e. The van der Waals surface area contributed by atoms with Crippen LogP contribution in [0, 0.1) is 20.8 Å². The van der Waals surface area contributed by atoms with Crippen LogP contribution >= 0.6 is 0 Å². The van der Waals surface area contributed by atoms with Crippen molar-refractivity contribution in [3.05, 3.63) is 52.3 Å². The van der Waals surface area contributed by atoms with E-state index >= 15 is 0 Å². The Morgan fingerprint density at radius 1 is 1.31 bits per heavy atom. The van der Waals surface area contributed by atoms with E-state index in [1.807, 2.05) is 13.8 Å². The van der Waals surface area contributed by atoms with Gasteiger partial charge in [0.1, 0.15) is 0 Å². The van der Waals surface area contributed by atoms with Crippen LogP contribution in [0.25, 0.3) is 0 Å². The molecule has 1 amide bonds. The van der Waals surface area contributed by atoms with Crippen molar-refractivity contribution in [3.63, 3.8) is 0 Å². The Morgan fingerprint density at radius 2 is 2.12 bits per heavy atom. The standard InChI is InChI=1S/C21H30N4O/c1-15-6-4-5-7-19(15)18-10-12-25(14-18)13-11-22-21(26)9-8-20-16(2)17(3)23-24-20/h4-7,18H,8-14H2,1-3H3,(H,22,26)(H,23,24). The zero-order valence-corrected chi connectivity index (χ0v) is 16.1. The summed E-state index contributed by atoms with van der Waals surface area (Å²) in [7, 11) is 0. The summed E-state index contributed by atoms with van der Waals surface area (Å²) >= 11 is 0. The predicted octanol–water partition coefficient (Wildman–Crippen LogP) is 2.87. The summed E-state index contributed by atoms with van der Waals surface area (Å²) in [4.78, 5) is 14.5. The van der Waals surface area contributed by atoms with Crippen molar-refractivity contribution in [2.75, 3.05) is 26.2 Å². The third-order valence-corrected chi connectivity index (χ3v) is 5.59. The quantitative estimate of drug-likeness (QED) is 0.804. The first kappa shape index (κ1) is 18.6. The maximum absolute atomic E-state index is 12.1. The van der Waals surface area contributed by atoms with E-state index < -0.39 is 0 Å². The molecule has 1 aromatic carbocycles. The van der Waals surface area contributed by atoms with E-state index in [4.69, 9.17) is 0 Å². The van der Waals surface area contributed by atoms with E-state index in [2.05, 4.69) is 51.6 Å². The number of hydrogen-bond acceptors (Lipinski definition) is 3. The number of aryl methyl sites for hydroxylation is 3. The minimum absolute atomic E-state index is 0.111. The lowest BCUT2D eigenvalue weighted by atomic mass is 9.94. The highest BCUT2D eigenvalue weighted by atomic mass is 16.1. The number of aromatic nitrogens is 2. The molecule has 5 nitrogen and oxygen atoms in total. The number of carbonyl (C=O) groups is 1. The number of benzene rings is 1. The topological polar surface area (TPSA) is 61.0 Å². The molecule has 1 saturated heterocycles. The Morgan fingerprint density at radius 3 is 2.85 bits per heavy atom. The van der Waals surface area contributed by atoms with E-state index in [1.165, 1.54) is 17.5 Å². The van der Waals surface area contributed by atoms with Crippen LogP contribution in [0.1, 0.15) is 46.8 Å². The smallest absolute Gasteiger partial charge is 0.220 e. The van der Waals surface area contributed by atoms with Gasteiger partial charge < -0.3 is 10.2 Å². The van der Waals surface area contributed by atoms with Crippen molar-refractivity contribution >= 4 is 5.91 Å². The molecule has 26 heavy (non-hydrogen) atoms. The van der Waals surface area contributed by atoms with Gasteiger partial charge in [0.15, 0.2) is 0 Å². The molecule has 1 aliphatic rings. The first-order valence-electron chi connectivity index (χ1n) is 9.59. The van der Waals surface area contributed by atoms with Gasteiger partial charge in [-0.2, -0.15) is 5.10 Å². The summed E-state index contributed by atoms with van der Waals surface area (Å²) < 4.78 is 0. The zero-order valence-electron chi connectivity index (χ0n) is 16.1. The molecule has 2 aromatic rings. The van der Waals surface area contributed by atoms with Crippen LogP contribution in [0.5, 0.6) is 0 Å². The maximum atomic E-state index is 12.1. The van der Waals surface area contributed by atoms with E-state index in [0.717, 1.165) is 43.1 Å². The third-order valence-electron chi connectivity index (χ3n) is 5.59. The fourth-order valence-electron chi connectivity index (χ4n) is 3.79. The van der Waals surface area contributed by atoms with Crippen molar-refractivity contribution in [2.45, 2.75) is 46.0 Å². The summed E-state index contributed by atoms with van der Waals surface area (Å²) in [5.41, 5.74) is 6.10. The summed E-state index contributed by atoms with van der Waals surface area (Å²) in [5.74, 6) is 0.734. The molecule has 1 aliphatic heterocycles. The number of hydrogen-bond donors (Lipinski definition) is 2. The second-order valence-corrected chi connectivity index (χ2v) is 7.41. The number of carbonyl (C=O) groups excluding carboxylic acids is 1. The Balaban J connectivity index is 1.37. The molecule has 0 radical (unpaired) electrons. The van der Waals surface area contributed by atoms with Gasteiger partial charge in [0.25, 0.3) is 0 Å². The minimum atomic E-state index is 0.111. The normalized spacial score (nSPS) is 17.6. The predicted molar refractivity (Wildman–Crippen MR) is 104 cm³/mol. The van der Waals surface area contributed by atoms with Crippen LogP contribution in [-0.4, -0.2) is 47.2 Å². The SMILES string of the molecule is Cc1ccccc1C1CCN(CCNC(=O)CCc2n[nH]c(C)c2C)C1. The van der Waals surface area contributed by atoms with E-state index in [9.17, 15) is 4.79 Å². The first-order chi connectivity index (χ1) is 12.5. The van der Waals surface area contributed by atoms with Crippen LogP contribution in [0.2, 0.25) is 0 Å². The summed E-state index contributed by atoms with van der Waals surface area (Å²) in [6.45, 7) is 10.1. The second kappa shape index (κ2) is 8.49. The number of nitrogens with zero attached hydrogens (tertiary/aromatic N) is 2. The Kier molecular flexibility index (Phi) is 6.09. The van der Waals surface area contributed by atoms with E-state index in [1.54, 1.807) is 0 Å². The third kappa shape index (κ3) is 4.52. The number of H-pyrrole nitrogens is 1. The Bertz CT molecular complexity index is 752. The lowest BCUT2D eigenvalue weighted by Gasteiger charge is -2.17. The number of likely N-dealkylation sites (tertiary alicyclic amines) is 1. The van der Waals surface area contributed by atoms with Gasteiger partial charge in [0.2, 0.25) is 5.91 Å². The largest absolute Gasteiger partial charge is 0.355 e. The van der Waals surface area contributed by atoms with Crippen molar-refractivity contribution in [1.82, 2.24) is 20.4 Å². The molecule has 3 rings (SSSR count). The number of aromatic amines is 1. The molecule has 1 aromatic heterocycles. The lowest BCUT2D eigenvalue weighted by molar-refractivity contribution is -0.121. The second-order valence-electron chi connectivity index (χ2n) is 7.41. The molecule has 140 valence electrons. The van der Waals surface area contributed by atoms with Crippen LogP contribution in [-0.2, 0) is 11.2 Å². The molecule has 0 spiro atoms. The monoisotopic (exact) mass is 354 g/mol. The first-order valence-corrected chi connectivity index (χ1v) is 9.59. The van der Waals surface area contributed by atoms with Gasteiger partial charge in [-0.3, -0.25) is 9.89 Å². The average Bonchev–Trinajstić information content (AvgIpc) is 3.22. The van der Waals surface area contributed by atoms with E-state index in [0.29, 0.717) is 18.8 Å². The van der Waals surface area contributed by atoms with Crippen LogP contribution in [0.4, 0.5) is 0 Å². The fraction of sp³-hybridized carbons (Fsp3) is 0.524. The molecular formula is C21H30N4O. The van der Waals surface area contributed by atoms with Crippen molar-refractivity contribution in [2.24, 2.45) is 0 Å². The molecule has 0 bridgehead atoms. The Hall–Kier alpha value is -2.14. The number of amides is 1. The highest BCUT2D eigenvalue weighted by Gasteiger charge is 2.24. The Labute approximate surface area is 156 Å². The van der Waals surface area contributed by atoms with Gasteiger partial charge in [-0.1, -0.05) is 24.3 Å².